The summed E-state index contributed by atoms with van der Waals surface area (Å²) in [6.45, 7) is 1.84. The lowest BCUT2D eigenvalue weighted by molar-refractivity contribution is -0.117. The van der Waals surface area contributed by atoms with Gasteiger partial charge in [0.1, 0.15) is 17.4 Å². The third kappa shape index (κ3) is 3.71. The van der Waals surface area contributed by atoms with Gasteiger partial charge in [0.2, 0.25) is 0 Å². The molecule has 1 nitrogen and oxygen atoms in total. The normalized spacial score (nSPS) is 10.5. The van der Waals surface area contributed by atoms with Crippen molar-refractivity contribution in [2.24, 2.45) is 0 Å². The Kier molecular flexibility index (Phi) is 4.05. The Labute approximate surface area is 110 Å². The minimum Gasteiger partial charge on any atom is -0.299 e. The van der Waals surface area contributed by atoms with E-state index in [1.165, 1.54) is 24.3 Å². The summed E-state index contributed by atoms with van der Waals surface area (Å²) in [6.07, 6.45) is 0.327. The van der Waals surface area contributed by atoms with Crippen LogP contribution in [0.4, 0.5) is 8.78 Å². The molecule has 0 fully saturated rings. The molecule has 0 aromatic heterocycles. The van der Waals surface area contributed by atoms with Gasteiger partial charge in [-0.1, -0.05) is 18.2 Å². The zero-order chi connectivity index (χ0) is 13.8. The van der Waals surface area contributed by atoms with E-state index in [4.69, 9.17) is 0 Å². The standard InChI is InChI=1S/C16H14F2O/c1-11-5-6-15(18)9-13(11)10-16(19)8-12-3-2-4-14(17)7-12/h2-7,9H,8,10H2,1H3. The number of carbonyl (C=O) groups excluding carboxylic acids is 1. The van der Waals surface area contributed by atoms with Crippen molar-refractivity contribution in [2.45, 2.75) is 19.8 Å². The van der Waals surface area contributed by atoms with Crippen LogP contribution < -0.4 is 0 Å². The van der Waals surface area contributed by atoms with E-state index >= 15 is 0 Å². The fraction of sp³-hybridized carbons (Fsp3) is 0.188. The number of hydrogen-bond acceptors (Lipinski definition) is 1. The second-order valence-corrected chi connectivity index (χ2v) is 4.59. The summed E-state index contributed by atoms with van der Waals surface area (Å²) in [5.41, 5.74) is 2.20. The van der Waals surface area contributed by atoms with E-state index in [0.29, 0.717) is 11.1 Å². The molecule has 0 atom stereocenters. The molecule has 98 valence electrons. The minimum atomic E-state index is -0.354. The Morgan fingerprint density at radius 2 is 1.74 bits per heavy atom. The van der Waals surface area contributed by atoms with Crippen LogP contribution in [0.1, 0.15) is 16.7 Å². The zero-order valence-corrected chi connectivity index (χ0v) is 10.6. The van der Waals surface area contributed by atoms with Gasteiger partial charge in [0.05, 0.1) is 0 Å². The second kappa shape index (κ2) is 5.74. The second-order valence-electron chi connectivity index (χ2n) is 4.59. The summed E-state index contributed by atoms with van der Waals surface area (Å²) in [7, 11) is 0. The lowest BCUT2D eigenvalue weighted by Gasteiger charge is -2.06. The van der Waals surface area contributed by atoms with Crippen molar-refractivity contribution < 1.29 is 13.6 Å². The molecule has 0 aliphatic heterocycles. The van der Waals surface area contributed by atoms with Crippen LogP contribution in [0.3, 0.4) is 0 Å². The topological polar surface area (TPSA) is 17.1 Å². The average molecular weight is 260 g/mol. The highest BCUT2D eigenvalue weighted by Crippen LogP contribution is 2.13. The van der Waals surface area contributed by atoms with Gasteiger partial charge >= 0.3 is 0 Å². The number of Topliss-reactive ketones (excluding diaryl/α,β-unsaturated/α-hetero) is 1. The first-order valence-corrected chi connectivity index (χ1v) is 6.06. The highest BCUT2D eigenvalue weighted by Gasteiger charge is 2.08. The van der Waals surface area contributed by atoms with Crippen LogP contribution in [0.5, 0.6) is 0 Å². The van der Waals surface area contributed by atoms with Gasteiger partial charge in [-0.05, 0) is 47.9 Å². The first-order chi connectivity index (χ1) is 9.04. The highest BCUT2D eigenvalue weighted by molar-refractivity contribution is 5.83. The number of hydrogen-bond donors (Lipinski definition) is 0. The van der Waals surface area contributed by atoms with Crippen LogP contribution in [0.15, 0.2) is 42.5 Å². The Bertz CT molecular complexity index is 605. The van der Waals surface area contributed by atoms with Crippen LogP contribution in [0, 0.1) is 18.6 Å². The third-order valence-electron chi connectivity index (χ3n) is 2.99. The minimum absolute atomic E-state index is 0.0562. The number of benzene rings is 2. The number of aryl methyl sites for hydroxylation is 1. The Hall–Kier alpha value is -2.03. The van der Waals surface area contributed by atoms with E-state index in [9.17, 15) is 13.6 Å². The van der Waals surface area contributed by atoms with Crippen LogP contribution >= 0.6 is 0 Å². The third-order valence-corrected chi connectivity index (χ3v) is 2.99. The van der Waals surface area contributed by atoms with Gasteiger partial charge < -0.3 is 0 Å². The molecule has 0 bridgehead atoms. The molecule has 3 heteroatoms. The van der Waals surface area contributed by atoms with Gasteiger partial charge in [0, 0.05) is 12.8 Å². The van der Waals surface area contributed by atoms with Gasteiger partial charge in [-0.2, -0.15) is 0 Å². The van der Waals surface area contributed by atoms with E-state index in [1.807, 2.05) is 6.92 Å². The summed E-state index contributed by atoms with van der Waals surface area (Å²) in [5.74, 6) is -0.759. The molecule has 0 N–H and O–H groups in total. The molecule has 0 heterocycles. The molecule has 2 rings (SSSR count). The van der Waals surface area contributed by atoms with E-state index in [-0.39, 0.29) is 30.3 Å². The van der Waals surface area contributed by atoms with Gasteiger partial charge in [-0.25, -0.2) is 8.78 Å². The van der Waals surface area contributed by atoms with E-state index in [1.54, 1.807) is 18.2 Å². The maximum Gasteiger partial charge on any atom is 0.141 e. The summed E-state index contributed by atoms with van der Waals surface area (Å²) in [4.78, 5) is 11.9. The number of halogens is 2. The molecule has 19 heavy (non-hydrogen) atoms. The number of carbonyl (C=O) groups is 1. The van der Waals surface area contributed by atoms with Gasteiger partial charge in [-0.3, -0.25) is 4.79 Å². The summed E-state index contributed by atoms with van der Waals surface area (Å²) >= 11 is 0. The highest BCUT2D eigenvalue weighted by atomic mass is 19.1. The van der Waals surface area contributed by atoms with Crippen molar-refractivity contribution in [3.63, 3.8) is 0 Å². The van der Waals surface area contributed by atoms with Crippen molar-refractivity contribution >= 4 is 5.78 Å². The summed E-state index contributed by atoms with van der Waals surface area (Å²) in [6, 6.07) is 10.4. The lowest BCUT2D eigenvalue weighted by Crippen LogP contribution is -2.08. The first-order valence-electron chi connectivity index (χ1n) is 6.06. The Morgan fingerprint density at radius 1 is 1.00 bits per heavy atom. The van der Waals surface area contributed by atoms with E-state index < -0.39 is 0 Å². The summed E-state index contributed by atoms with van der Waals surface area (Å²) < 4.78 is 26.1. The van der Waals surface area contributed by atoms with Crippen molar-refractivity contribution in [1.82, 2.24) is 0 Å². The van der Waals surface area contributed by atoms with Crippen LogP contribution in [0.2, 0.25) is 0 Å². The molecule has 0 aliphatic rings. The van der Waals surface area contributed by atoms with Gasteiger partial charge in [-0.15, -0.1) is 0 Å². The first kappa shape index (κ1) is 13.4. The Balaban J connectivity index is 2.07. The van der Waals surface area contributed by atoms with Gasteiger partial charge in [0.25, 0.3) is 0 Å². The monoisotopic (exact) mass is 260 g/mol. The molecule has 0 saturated carbocycles. The molecule has 2 aromatic carbocycles. The van der Waals surface area contributed by atoms with Crippen molar-refractivity contribution in [1.29, 1.82) is 0 Å². The van der Waals surface area contributed by atoms with Crippen molar-refractivity contribution in [3.8, 4) is 0 Å². The van der Waals surface area contributed by atoms with Crippen molar-refractivity contribution in [2.75, 3.05) is 0 Å². The van der Waals surface area contributed by atoms with Crippen LogP contribution in [-0.2, 0) is 17.6 Å². The molecule has 0 unspecified atom stereocenters. The van der Waals surface area contributed by atoms with Crippen LogP contribution in [-0.4, -0.2) is 5.78 Å². The average Bonchev–Trinajstić information content (AvgIpc) is 2.34. The molecule has 0 amide bonds. The molecular formula is C16H14F2O. The zero-order valence-electron chi connectivity index (χ0n) is 10.6. The van der Waals surface area contributed by atoms with Gasteiger partial charge in [0.15, 0.2) is 0 Å². The molecular weight excluding hydrogens is 246 g/mol. The maximum atomic E-state index is 13.1. The molecule has 0 radical (unpaired) electrons. The fourth-order valence-electron chi connectivity index (χ4n) is 1.98. The predicted molar refractivity (Wildman–Crippen MR) is 70.0 cm³/mol. The fourth-order valence-corrected chi connectivity index (χ4v) is 1.98. The SMILES string of the molecule is Cc1ccc(F)cc1CC(=O)Cc1cccc(F)c1. The van der Waals surface area contributed by atoms with Crippen molar-refractivity contribution in [3.05, 3.63) is 70.8 Å². The molecule has 0 saturated heterocycles. The molecule has 0 spiro atoms. The van der Waals surface area contributed by atoms with E-state index in [2.05, 4.69) is 0 Å². The lowest BCUT2D eigenvalue weighted by atomic mass is 9.99. The van der Waals surface area contributed by atoms with E-state index in [0.717, 1.165) is 5.56 Å². The number of ketones is 1. The largest absolute Gasteiger partial charge is 0.299 e. The predicted octanol–water partition coefficient (Wildman–Crippen LogP) is 3.63. The Morgan fingerprint density at radius 3 is 2.47 bits per heavy atom. The number of rotatable bonds is 4. The summed E-state index contributed by atoms with van der Waals surface area (Å²) in [5, 5.41) is 0. The van der Waals surface area contributed by atoms with Crippen LogP contribution in [0.25, 0.3) is 0 Å². The quantitative estimate of drug-likeness (QED) is 0.820. The maximum absolute atomic E-state index is 13.1. The molecule has 2 aromatic rings. The molecule has 0 aliphatic carbocycles. The smallest absolute Gasteiger partial charge is 0.141 e.